The van der Waals surface area contributed by atoms with Crippen molar-refractivity contribution in [1.29, 1.82) is 0 Å². The molecule has 0 heterocycles. The summed E-state index contributed by atoms with van der Waals surface area (Å²) in [4.78, 5) is 0. The fourth-order valence-electron chi connectivity index (χ4n) is 1.61. The van der Waals surface area contributed by atoms with Crippen molar-refractivity contribution in [3.05, 3.63) is 71.8 Å². The molecule has 0 amide bonds. The molecule has 0 saturated heterocycles. The Bertz CT molecular complexity index is 403. The minimum absolute atomic E-state index is 0.276. The molecule has 0 spiro atoms. The summed E-state index contributed by atoms with van der Waals surface area (Å²) in [5.74, 6) is 0. The number of benzene rings is 2. The van der Waals surface area contributed by atoms with E-state index in [0.717, 1.165) is 11.1 Å². The Morgan fingerprint density at radius 1 is 0.812 bits per heavy atom. The Balaban J connectivity index is 2.35. The third-order valence-electron chi connectivity index (χ3n) is 2.35. The summed E-state index contributed by atoms with van der Waals surface area (Å²) in [6.45, 7) is 0. The quantitative estimate of drug-likeness (QED) is 0.742. The first-order valence-corrected chi connectivity index (χ1v) is 5.73. The first kappa shape index (κ1) is 11.0. The molecule has 0 unspecified atom stereocenters. The molecule has 0 N–H and O–H groups in total. The first-order valence-electron chi connectivity index (χ1n) is 5.00. The molecule has 2 aromatic rings. The fourth-order valence-corrected chi connectivity index (χ4v) is 1.94. The average Bonchev–Trinajstić information content (AvgIpc) is 2.38. The normalized spacial score (nSPS) is 10.8. The molecule has 2 nitrogen and oxygen atoms in total. The second kappa shape index (κ2) is 5.55. The molecule has 0 atom stereocenters. The van der Waals surface area contributed by atoms with Gasteiger partial charge >= 0.3 is 8.69 Å². The van der Waals surface area contributed by atoms with Crippen LogP contribution in [0, 0.1) is 0 Å². The van der Waals surface area contributed by atoms with Gasteiger partial charge in [-0.15, -0.1) is 0 Å². The Labute approximate surface area is 96.2 Å². The van der Waals surface area contributed by atoms with Gasteiger partial charge in [-0.05, 0) is 11.1 Å². The lowest BCUT2D eigenvalue weighted by molar-refractivity contribution is 0.272. The van der Waals surface area contributed by atoms with Gasteiger partial charge in [-0.2, -0.15) is 0 Å². The third kappa shape index (κ3) is 2.54. The highest BCUT2D eigenvalue weighted by atomic mass is 31.1. The molecule has 0 saturated carbocycles. The molecule has 2 aromatic carbocycles. The van der Waals surface area contributed by atoms with Crippen molar-refractivity contribution in [2.24, 2.45) is 0 Å². The summed E-state index contributed by atoms with van der Waals surface area (Å²) in [6, 6.07) is 19.5. The molecule has 0 aliphatic carbocycles. The molecule has 0 aromatic heterocycles. The van der Waals surface area contributed by atoms with E-state index in [9.17, 15) is 4.57 Å². The van der Waals surface area contributed by atoms with Gasteiger partial charge in [0.05, 0.1) is 0 Å². The monoisotopic (exact) mass is 230 g/mol. The van der Waals surface area contributed by atoms with Crippen LogP contribution in [-0.4, -0.2) is 0 Å². The molecule has 0 bridgehead atoms. The molecular weight excluding hydrogens is 219 g/mol. The van der Waals surface area contributed by atoms with E-state index in [1.165, 1.54) is 0 Å². The third-order valence-corrected chi connectivity index (χ3v) is 2.65. The molecule has 0 aliphatic rings. The molecule has 80 valence electrons. The lowest BCUT2D eigenvalue weighted by Gasteiger charge is -2.13. The lowest BCUT2D eigenvalue weighted by atomic mass is 10.0. The van der Waals surface area contributed by atoms with Crippen molar-refractivity contribution in [2.45, 2.75) is 6.10 Å². The lowest BCUT2D eigenvalue weighted by Crippen LogP contribution is -2.00. The molecule has 16 heavy (non-hydrogen) atoms. The van der Waals surface area contributed by atoms with Crippen LogP contribution in [0.4, 0.5) is 0 Å². The second-order valence-corrected chi connectivity index (χ2v) is 3.74. The summed E-state index contributed by atoms with van der Waals surface area (Å²) in [7, 11) is -0.306. The maximum Gasteiger partial charge on any atom is 0.328 e. The zero-order valence-electron chi connectivity index (χ0n) is 8.61. The Morgan fingerprint density at radius 2 is 1.25 bits per heavy atom. The van der Waals surface area contributed by atoms with Crippen LogP contribution in [-0.2, 0) is 9.09 Å². The van der Waals surface area contributed by atoms with Gasteiger partial charge in [0.2, 0.25) is 0 Å². The zero-order chi connectivity index (χ0) is 11.2. The molecule has 3 heteroatoms. The molecule has 0 radical (unpaired) electrons. The van der Waals surface area contributed by atoms with E-state index in [1.807, 2.05) is 60.7 Å². The van der Waals surface area contributed by atoms with Crippen LogP contribution in [0.1, 0.15) is 17.2 Å². The predicted molar refractivity (Wildman–Crippen MR) is 63.4 cm³/mol. The van der Waals surface area contributed by atoms with E-state index in [4.69, 9.17) is 4.52 Å². The van der Waals surface area contributed by atoms with Crippen molar-refractivity contribution in [2.75, 3.05) is 0 Å². The summed E-state index contributed by atoms with van der Waals surface area (Å²) >= 11 is 0. The second-order valence-electron chi connectivity index (χ2n) is 3.38. The van der Waals surface area contributed by atoms with Crippen LogP contribution < -0.4 is 0 Å². The van der Waals surface area contributed by atoms with Crippen molar-refractivity contribution in [3.63, 3.8) is 0 Å². The van der Waals surface area contributed by atoms with Crippen molar-refractivity contribution < 1.29 is 9.09 Å². The summed E-state index contributed by atoms with van der Waals surface area (Å²) < 4.78 is 15.9. The standard InChI is InChI=1S/C13H11O2P/c14-16-15-13(11-7-3-1-4-8-11)12-9-5-2-6-10-12/h1-10,13H. The Hall–Kier alpha value is -1.50. The highest BCUT2D eigenvalue weighted by molar-refractivity contribution is 7.17. The average molecular weight is 230 g/mol. The van der Waals surface area contributed by atoms with Crippen LogP contribution in [0.3, 0.4) is 0 Å². The van der Waals surface area contributed by atoms with E-state index < -0.39 is 0 Å². The minimum Gasteiger partial charge on any atom is -0.281 e. The molecule has 2 rings (SSSR count). The smallest absolute Gasteiger partial charge is 0.281 e. The van der Waals surface area contributed by atoms with Crippen molar-refractivity contribution >= 4 is 8.69 Å². The number of hydrogen-bond acceptors (Lipinski definition) is 2. The summed E-state index contributed by atoms with van der Waals surface area (Å²) in [5, 5.41) is 0. The van der Waals surface area contributed by atoms with Crippen LogP contribution in [0.15, 0.2) is 60.7 Å². The van der Waals surface area contributed by atoms with Crippen LogP contribution in [0.25, 0.3) is 0 Å². The van der Waals surface area contributed by atoms with E-state index in [0.29, 0.717) is 0 Å². The minimum atomic E-state index is -0.306. The topological polar surface area (TPSA) is 26.3 Å². The zero-order valence-corrected chi connectivity index (χ0v) is 9.51. The van der Waals surface area contributed by atoms with Gasteiger partial charge in [0.1, 0.15) is 6.10 Å². The van der Waals surface area contributed by atoms with Gasteiger partial charge in [0.25, 0.3) is 0 Å². The Morgan fingerprint density at radius 3 is 1.62 bits per heavy atom. The van der Waals surface area contributed by atoms with Crippen molar-refractivity contribution in [3.8, 4) is 0 Å². The Kier molecular flexibility index (Phi) is 3.81. The summed E-state index contributed by atoms with van der Waals surface area (Å²) in [5.41, 5.74) is 1.99. The van der Waals surface area contributed by atoms with Crippen LogP contribution >= 0.6 is 8.69 Å². The first-order chi connectivity index (χ1) is 7.92. The van der Waals surface area contributed by atoms with E-state index in [1.54, 1.807) is 0 Å². The molecule has 0 aliphatic heterocycles. The number of hydrogen-bond donors (Lipinski definition) is 0. The van der Waals surface area contributed by atoms with Crippen LogP contribution in [0.2, 0.25) is 0 Å². The van der Waals surface area contributed by atoms with Gasteiger partial charge in [-0.3, -0.25) is 4.52 Å². The highest BCUT2D eigenvalue weighted by Gasteiger charge is 2.14. The van der Waals surface area contributed by atoms with Gasteiger partial charge in [-0.1, -0.05) is 60.7 Å². The van der Waals surface area contributed by atoms with Gasteiger partial charge < -0.3 is 0 Å². The molecular formula is C13H11O2P. The number of rotatable bonds is 4. The fraction of sp³-hybridized carbons (Fsp3) is 0.0769. The largest absolute Gasteiger partial charge is 0.328 e. The van der Waals surface area contributed by atoms with Crippen LogP contribution in [0.5, 0.6) is 0 Å². The maximum atomic E-state index is 10.6. The SMILES string of the molecule is O=POC(c1ccccc1)c1ccccc1. The van der Waals surface area contributed by atoms with Crippen molar-refractivity contribution in [1.82, 2.24) is 0 Å². The van der Waals surface area contributed by atoms with Gasteiger partial charge in [-0.25, -0.2) is 4.57 Å². The van der Waals surface area contributed by atoms with E-state index in [2.05, 4.69) is 0 Å². The summed E-state index contributed by atoms with van der Waals surface area (Å²) in [6.07, 6.45) is -0.276. The highest BCUT2D eigenvalue weighted by Crippen LogP contribution is 2.28. The van der Waals surface area contributed by atoms with Gasteiger partial charge in [0, 0.05) is 0 Å². The van der Waals surface area contributed by atoms with E-state index in [-0.39, 0.29) is 14.8 Å². The predicted octanol–water partition coefficient (Wildman–Crippen LogP) is 4.00. The maximum absolute atomic E-state index is 10.6. The van der Waals surface area contributed by atoms with E-state index >= 15 is 0 Å². The molecule has 0 fully saturated rings. The van der Waals surface area contributed by atoms with Gasteiger partial charge in [0.15, 0.2) is 0 Å².